The maximum Gasteiger partial charge on any atom is 0.244 e. The van der Waals surface area contributed by atoms with Crippen molar-refractivity contribution >= 4 is 12.1 Å². The van der Waals surface area contributed by atoms with Crippen molar-refractivity contribution in [3.8, 4) is 11.5 Å². The number of carbonyl (C=O) groups is 1. The van der Waals surface area contributed by atoms with Gasteiger partial charge in [0.1, 0.15) is 11.5 Å². The number of benzene rings is 2. The van der Waals surface area contributed by atoms with Gasteiger partial charge in [0, 0.05) is 0 Å². The Kier molecular flexibility index (Phi) is 4.56. The molecule has 0 aliphatic carbocycles. The monoisotopic (exact) mass is 284 g/mol. The summed E-state index contributed by atoms with van der Waals surface area (Å²) >= 11 is 0. The number of phenols is 2. The van der Waals surface area contributed by atoms with Gasteiger partial charge in [-0.1, -0.05) is 12.1 Å². The number of nitrogens with one attached hydrogen (secondary N) is 1. The molecule has 5 heteroatoms. The number of aryl methyl sites for hydroxylation is 1. The first-order valence-electron chi connectivity index (χ1n) is 6.44. The number of rotatable bonds is 4. The summed E-state index contributed by atoms with van der Waals surface area (Å²) in [6.07, 6.45) is 1.66. The number of nitrogens with zero attached hydrogens (tertiary/aromatic N) is 1. The van der Waals surface area contributed by atoms with Crippen LogP contribution in [0.15, 0.2) is 47.6 Å². The largest absolute Gasteiger partial charge is 0.508 e. The van der Waals surface area contributed by atoms with Crippen LogP contribution in [-0.2, 0) is 11.2 Å². The molecule has 0 atom stereocenters. The Labute approximate surface area is 122 Å². The van der Waals surface area contributed by atoms with Gasteiger partial charge in [-0.05, 0) is 53.9 Å². The highest BCUT2D eigenvalue weighted by atomic mass is 16.3. The predicted octanol–water partition coefficient (Wildman–Crippen LogP) is 2.10. The summed E-state index contributed by atoms with van der Waals surface area (Å²) in [5.41, 5.74) is 4.81. The fourth-order valence-electron chi connectivity index (χ4n) is 1.87. The second-order valence-electron chi connectivity index (χ2n) is 4.68. The van der Waals surface area contributed by atoms with Gasteiger partial charge in [0.2, 0.25) is 5.91 Å². The van der Waals surface area contributed by atoms with E-state index in [4.69, 9.17) is 0 Å². The number of hydrogen-bond acceptors (Lipinski definition) is 4. The molecule has 0 aliphatic rings. The first-order chi connectivity index (χ1) is 10.0. The highest BCUT2D eigenvalue weighted by Gasteiger charge is 2.03. The summed E-state index contributed by atoms with van der Waals surface area (Å²) in [5.74, 6) is 0.0503. The smallest absolute Gasteiger partial charge is 0.244 e. The van der Waals surface area contributed by atoms with Crippen LogP contribution in [0.25, 0.3) is 0 Å². The molecule has 2 rings (SSSR count). The molecule has 2 aromatic rings. The van der Waals surface area contributed by atoms with Crippen LogP contribution in [0.3, 0.4) is 0 Å². The van der Waals surface area contributed by atoms with Gasteiger partial charge >= 0.3 is 0 Å². The lowest BCUT2D eigenvalue weighted by atomic mass is 10.1. The number of hydrogen-bond donors (Lipinski definition) is 3. The Hall–Kier alpha value is -2.82. The highest BCUT2D eigenvalue weighted by Crippen LogP contribution is 2.14. The summed E-state index contributed by atoms with van der Waals surface area (Å²) in [4.78, 5) is 11.7. The zero-order chi connectivity index (χ0) is 15.2. The first kappa shape index (κ1) is 14.6. The standard InChI is InChI=1S/C16H16N2O3/c1-11-7-15(20)6-5-13(11)10-17-18-16(21)9-12-3-2-4-14(19)8-12/h2-8,10,19-20H,9H2,1H3,(H,18,21)/b17-10+. The Bertz CT molecular complexity index is 681. The van der Waals surface area contributed by atoms with Crippen LogP contribution >= 0.6 is 0 Å². The van der Waals surface area contributed by atoms with Gasteiger partial charge in [-0.2, -0.15) is 5.10 Å². The van der Waals surface area contributed by atoms with Crippen LogP contribution in [0, 0.1) is 6.92 Å². The van der Waals surface area contributed by atoms with Crippen molar-refractivity contribution in [2.45, 2.75) is 13.3 Å². The van der Waals surface area contributed by atoms with Crippen molar-refractivity contribution in [2.24, 2.45) is 5.10 Å². The molecule has 5 nitrogen and oxygen atoms in total. The second kappa shape index (κ2) is 6.56. The molecular formula is C16H16N2O3. The minimum absolute atomic E-state index is 0.128. The van der Waals surface area contributed by atoms with Crippen LogP contribution < -0.4 is 5.43 Å². The van der Waals surface area contributed by atoms with Gasteiger partial charge in [-0.3, -0.25) is 4.79 Å². The number of aromatic hydroxyl groups is 2. The van der Waals surface area contributed by atoms with Crippen LogP contribution in [-0.4, -0.2) is 22.3 Å². The number of amides is 1. The summed E-state index contributed by atoms with van der Waals surface area (Å²) < 4.78 is 0. The molecule has 0 aliphatic heterocycles. The summed E-state index contributed by atoms with van der Waals surface area (Å²) in [6.45, 7) is 1.84. The molecule has 0 aromatic heterocycles. The average molecular weight is 284 g/mol. The number of phenolic OH excluding ortho intramolecular Hbond substituents is 2. The molecule has 0 radical (unpaired) electrons. The first-order valence-corrected chi connectivity index (χ1v) is 6.44. The maximum atomic E-state index is 11.7. The lowest BCUT2D eigenvalue weighted by Crippen LogP contribution is -2.19. The third-order valence-electron chi connectivity index (χ3n) is 2.92. The Balaban J connectivity index is 1.93. The molecule has 0 saturated heterocycles. The van der Waals surface area contributed by atoms with E-state index in [1.54, 1.807) is 36.4 Å². The van der Waals surface area contributed by atoms with E-state index < -0.39 is 0 Å². The van der Waals surface area contributed by atoms with E-state index in [9.17, 15) is 15.0 Å². The van der Waals surface area contributed by atoms with Crippen molar-refractivity contribution in [1.29, 1.82) is 0 Å². The van der Waals surface area contributed by atoms with Crippen molar-refractivity contribution < 1.29 is 15.0 Å². The molecule has 0 bridgehead atoms. The summed E-state index contributed by atoms with van der Waals surface area (Å²) in [6, 6.07) is 11.4. The molecule has 0 saturated carbocycles. The van der Waals surface area contributed by atoms with Gasteiger partial charge in [-0.25, -0.2) is 5.43 Å². The van der Waals surface area contributed by atoms with Gasteiger partial charge < -0.3 is 10.2 Å². The topological polar surface area (TPSA) is 81.9 Å². The van der Waals surface area contributed by atoms with Gasteiger partial charge in [0.05, 0.1) is 12.6 Å². The Morgan fingerprint density at radius 3 is 2.67 bits per heavy atom. The fourth-order valence-corrected chi connectivity index (χ4v) is 1.87. The van der Waals surface area contributed by atoms with Crippen LogP contribution in [0.4, 0.5) is 0 Å². The van der Waals surface area contributed by atoms with E-state index in [0.29, 0.717) is 5.56 Å². The number of carbonyl (C=O) groups excluding carboxylic acids is 1. The molecular weight excluding hydrogens is 268 g/mol. The lowest BCUT2D eigenvalue weighted by Gasteiger charge is -2.02. The highest BCUT2D eigenvalue weighted by molar-refractivity contribution is 5.84. The zero-order valence-electron chi connectivity index (χ0n) is 11.6. The average Bonchev–Trinajstić information content (AvgIpc) is 2.41. The van der Waals surface area contributed by atoms with Crippen LogP contribution in [0.2, 0.25) is 0 Å². The van der Waals surface area contributed by atoms with Gasteiger partial charge in [-0.15, -0.1) is 0 Å². The summed E-state index contributed by atoms with van der Waals surface area (Å²) in [7, 11) is 0. The third kappa shape index (κ3) is 4.35. The number of hydrazone groups is 1. The summed E-state index contributed by atoms with van der Waals surface area (Å²) in [5, 5.41) is 22.5. The molecule has 1 amide bonds. The quantitative estimate of drug-likeness (QED) is 0.594. The van der Waals surface area contributed by atoms with Crippen molar-refractivity contribution in [3.63, 3.8) is 0 Å². The third-order valence-corrected chi connectivity index (χ3v) is 2.92. The molecule has 108 valence electrons. The van der Waals surface area contributed by atoms with E-state index in [1.807, 2.05) is 6.92 Å². The predicted molar refractivity (Wildman–Crippen MR) is 80.4 cm³/mol. The molecule has 3 N–H and O–H groups in total. The lowest BCUT2D eigenvalue weighted by molar-refractivity contribution is -0.120. The van der Waals surface area contributed by atoms with Gasteiger partial charge in [0.15, 0.2) is 0 Å². The second-order valence-corrected chi connectivity index (χ2v) is 4.68. The normalized spacial score (nSPS) is 10.7. The van der Waals surface area contributed by atoms with E-state index >= 15 is 0 Å². The fraction of sp³-hybridized carbons (Fsp3) is 0.125. The molecule has 2 aromatic carbocycles. The minimum Gasteiger partial charge on any atom is -0.508 e. The van der Waals surface area contributed by atoms with E-state index in [1.165, 1.54) is 12.3 Å². The minimum atomic E-state index is -0.270. The van der Waals surface area contributed by atoms with Crippen LogP contribution in [0.5, 0.6) is 11.5 Å². The van der Waals surface area contributed by atoms with Gasteiger partial charge in [0.25, 0.3) is 0 Å². The van der Waals surface area contributed by atoms with E-state index in [0.717, 1.165) is 11.1 Å². The Morgan fingerprint density at radius 2 is 1.95 bits per heavy atom. The maximum absolute atomic E-state index is 11.7. The van der Waals surface area contributed by atoms with Crippen molar-refractivity contribution in [2.75, 3.05) is 0 Å². The molecule has 0 unspecified atom stereocenters. The molecule has 0 fully saturated rings. The van der Waals surface area contributed by atoms with Crippen molar-refractivity contribution in [1.82, 2.24) is 5.43 Å². The Morgan fingerprint density at radius 1 is 1.19 bits per heavy atom. The SMILES string of the molecule is Cc1cc(O)ccc1/C=N/NC(=O)Cc1cccc(O)c1. The molecule has 21 heavy (non-hydrogen) atoms. The molecule has 0 heterocycles. The van der Waals surface area contributed by atoms with Crippen molar-refractivity contribution in [3.05, 3.63) is 59.2 Å². The van der Waals surface area contributed by atoms with E-state index in [2.05, 4.69) is 10.5 Å². The van der Waals surface area contributed by atoms with Crippen LogP contribution in [0.1, 0.15) is 16.7 Å². The van der Waals surface area contributed by atoms with E-state index in [-0.39, 0.29) is 23.8 Å². The molecule has 0 spiro atoms. The zero-order valence-corrected chi connectivity index (χ0v) is 11.6.